The molecule has 0 radical (unpaired) electrons. The average Bonchev–Trinajstić information content (AvgIpc) is 2.37. The molecule has 0 atom stereocenters. The van der Waals surface area contributed by atoms with Gasteiger partial charge in [-0.15, -0.1) is 0 Å². The lowest BCUT2D eigenvalue weighted by Crippen LogP contribution is -2.30. The summed E-state index contributed by atoms with van der Waals surface area (Å²) in [5.41, 5.74) is -1.27. The van der Waals surface area contributed by atoms with Gasteiger partial charge in [0.2, 0.25) is 10.0 Å². The van der Waals surface area contributed by atoms with Crippen molar-refractivity contribution in [2.75, 3.05) is 27.3 Å². The number of ether oxygens (including phenoxy) is 1. The van der Waals surface area contributed by atoms with Crippen LogP contribution in [0.4, 0.5) is 13.2 Å². The highest BCUT2D eigenvalue weighted by Crippen LogP contribution is 2.38. The maximum Gasteiger partial charge on any atom is 0.417 e. The van der Waals surface area contributed by atoms with Crippen LogP contribution in [0.1, 0.15) is 12.0 Å². The highest BCUT2D eigenvalue weighted by atomic mass is 35.5. The molecule has 1 rings (SSSR count). The van der Waals surface area contributed by atoms with Gasteiger partial charge in [0, 0.05) is 27.3 Å². The molecule has 0 saturated heterocycles. The molecule has 0 amide bonds. The molecule has 0 saturated carbocycles. The molecule has 0 N–H and O–H groups in total. The molecule has 0 aliphatic rings. The second-order valence-corrected chi connectivity index (χ2v) is 6.68. The van der Waals surface area contributed by atoms with Crippen molar-refractivity contribution in [3.63, 3.8) is 0 Å². The normalized spacial score (nSPS) is 12.9. The third kappa shape index (κ3) is 4.32. The van der Waals surface area contributed by atoms with E-state index in [0.717, 1.165) is 16.4 Å². The fraction of sp³-hybridized carbons (Fsp3) is 0.500. The van der Waals surface area contributed by atoms with Crippen LogP contribution in [-0.4, -0.2) is 40.0 Å². The number of rotatable bonds is 6. The predicted molar refractivity (Wildman–Crippen MR) is 72.8 cm³/mol. The molecule has 0 aromatic heterocycles. The van der Waals surface area contributed by atoms with Crippen molar-refractivity contribution >= 4 is 21.6 Å². The molecular formula is C12H15ClF3NO3S. The quantitative estimate of drug-likeness (QED) is 0.745. The van der Waals surface area contributed by atoms with Crippen LogP contribution < -0.4 is 0 Å². The predicted octanol–water partition coefficient (Wildman–Crippen LogP) is 3.02. The molecule has 0 fully saturated rings. The second kappa shape index (κ2) is 6.95. The number of halogens is 4. The summed E-state index contributed by atoms with van der Waals surface area (Å²) in [6.07, 6.45) is -4.45. The Kier molecular flexibility index (Phi) is 6.03. The SMILES string of the molecule is COCCCN(C)S(=O)(=O)c1c(Cl)cccc1C(F)(F)F. The third-order valence-corrected chi connectivity index (χ3v) is 5.15. The monoisotopic (exact) mass is 345 g/mol. The van der Waals surface area contributed by atoms with Gasteiger partial charge in [-0.1, -0.05) is 17.7 Å². The van der Waals surface area contributed by atoms with E-state index < -0.39 is 31.7 Å². The second-order valence-electron chi connectivity index (χ2n) is 4.29. The molecular weight excluding hydrogens is 331 g/mol. The van der Waals surface area contributed by atoms with Crippen LogP contribution in [0.3, 0.4) is 0 Å². The van der Waals surface area contributed by atoms with Crippen LogP contribution in [0.25, 0.3) is 0 Å². The van der Waals surface area contributed by atoms with E-state index in [9.17, 15) is 21.6 Å². The first-order valence-corrected chi connectivity index (χ1v) is 7.75. The molecule has 9 heteroatoms. The van der Waals surface area contributed by atoms with Gasteiger partial charge in [0.05, 0.1) is 10.6 Å². The molecule has 120 valence electrons. The van der Waals surface area contributed by atoms with Gasteiger partial charge in [-0.25, -0.2) is 12.7 Å². The van der Waals surface area contributed by atoms with Crippen molar-refractivity contribution in [2.45, 2.75) is 17.5 Å². The van der Waals surface area contributed by atoms with Crippen molar-refractivity contribution in [3.05, 3.63) is 28.8 Å². The fourth-order valence-corrected chi connectivity index (χ4v) is 3.63. The van der Waals surface area contributed by atoms with Gasteiger partial charge in [-0.3, -0.25) is 0 Å². The van der Waals surface area contributed by atoms with Crippen LogP contribution in [0, 0.1) is 0 Å². The van der Waals surface area contributed by atoms with Crippen LogP contribution in [0.15, 0.2) is 23.1 Å². The van der Waals surface area contributed by atoms with Crippen molar-refractivity contribution in [3.8, 4) is 0 Å². The van der Waals surface area contributed by atoms with Crippen LogP contribution in [0.5, 0.6) is 0 Å². The molecule has 0 unspecified atom stereocenters. The molecule has 0 heterocycles. The zero-order valence-corrected chi connectivity index (χ0v) is 13.0. The number of nitrogens with zero attached hydrogens (tertiary/aromatic N) is 1. The molecule has 0 spiro atoms. The van der Waals surface area contributed by atoms with Crippen LogP contribution in [-0.2, 0) is 20.9 Å². The highest BCUT2D eigenvalue weighted by Gasteiger charge is 2.39. The van der Waals surface area contributed by atoms with Gasteiger partial charge in [0.1, 0.15) is 4.90 Å². The Morgan fingerprint density at radius 3 is 2.48 bits per heavy atom. The minimum Gasteiger partial charge on any atom is -0.385 e. The summed E-state index contributed by atoms with van der Waals surface area (Å²) < 4.78 is 69.2. The summed E-state index contributed by atoms with van der Waals surface area (Å²) in [4.78, 5) is -0.918. The van der Waals surface area contributed by atoms with Crippen molar-refractivity contribution in [1.29, 1.82) is 0 Å². The lowest BCUT2D eigenvalue weighted by molar-refractivity contribution is -0.139. The molecule has 4 nitrogen and oxygen atoms in total. The number of benzene rings is 1. The summed E-state index contributed by atoms with van der Waals surface area (Å²) in [7, 11) is -1.69. The van der Waals surface area contributed by atoms with Crippen molar-refractivity contribution < 1.29 is 26.3 Å². The van der Waals surface area contributed by atoms with Crippen LogP contribution in [0.2, 0.25) is 5.02 Å². The van der Waals surface area contributed by atoms with E-state index in [2.05, 4.69) is 0 Å². The van der Waals surface area contributed by atoms with Gasteiger partial charge in [0.25, 0.3) is 0 Å². The Hall–Kier alpha value is -0.830. The van der Waals surface area contributed by atoms with Crippen molar-refractivity contribution in [1.82, 2.24) is 4.31 Å². The summed E-state index contributed by atoms with van der Waals surface area (Å²) in [6.45, 7) is 0.327. The number of alkyl halides is 3. The Labute approximate surface area is 126 Å². The van der Waals surface area contributed by atoms with E-state index in [1.54, 1.807) is 0 Å². The zero-order chi connectivity index (χ0) is 16.3. The number of hydrogen-bond donors (Lipinski definition) is 0. The van der Waals surface area contributed by atoms with Gasteiger partial charge in [0.15, 0.2) is 0 Å². The minimum absolute atomic E-state index is 0.0265. The van der Waals surface area contributed by atoms with Gasteiger partial charge < -0.3 is 4.74 Å². The first kappa shape index (κ1) is 18.2. The van der Waals surface area contributed by atoms with Gasteiger partial charge in [-0.05, 0) is 18.6 Å². The summed E-state index contributed by atoms with van der Waals surface area (Å²) in [5, 5.41) is -0.455. The smallest absolute Gasteiger partial charge is 0.385 e. The topological polar surface area (TPSA) is 46.6 Å². The standard InChI is InChI=1S/C12H15ClF3NO3S/c1-17(7-4-8-20-2)21(18,19)11-9(12(14,15)16)5-3-6-10(11)13/h3,5-6H,4,7-8H2,1-2H3. The highest BCUT2D eigenvalue weighted by molar-refractivity contribution is 7.89. The van der Waals surface area contributed by atoms with E-state index in [1.807, 2.05) is 0 Å². The number of hydrogen-bond acceptors (Lipinski definition) is 3. The van der Waals surface area contributed by atoms with Crippen LogP contribution >= 0.6 is 11.6 Å². The lowest BCUT2D eigenvalue weighted by Gasteiger charge is -2.21. The van der Waals surface area contributed by atoms with E-state index >= 15 is 0 Å². The fourth-order valence-electron chi connectivity index (χ4n) is 1.70. The number of sulfonamides is 1. The van der Waals surface area contributed by atoms with E-state index in [4.69, 9.17) is 16.3 Å². The molecule has 0 aliphatic carbocycles. The lowest BCUT2D eigenvalue weighted by atomic mass is 10.2. The van der Waals surface area contributed by atoms with Crippen molar-refractivity contribution in [2.24, 2.45) is 0 Å². The number of methoxy groups -OCH3 is 1. The maximum atomic E-state index is 13.0. The minimum atomic E-state index is -4.80. The van der Waals surface area contributed by atoms with E-state index in [0.29, 0.717) is 19.1 Å². The average molecular weight is 346 g/mol. The summed E-state index contributed by atoms with van der Waals surface area (Å²) in [5.74, 6) is 0. The first-order chi connectivity index (χ1) is 9.62. The van der Waals surface area contributed by atoms with E-state index in [-0.39, 0.29) is 6.54 Å². The molecule has 0 bridgehead atoms. The van der Waals surface area contributed by atoms with E-state index in [1.165, 1.54) is 14.2 Å². The Balaban J connectivity index is 3.25. The van der Waals surface area contributed by atoms with Gasteiger partial charge >= 0.3 is 6.18 Å². The molecule has 1 aromatic rings. The molecule has 21 heavy (non-hydrogen) atoms. The zero-order valence-electron chi connectivity index (χ0n) is 11.4. The van der Waals surface area contributed by atoms with Gasteiger partial charge in [-0.2, -0.15) is 13.2 Å². The summed E-state index contributed by atoms with van der Waals surface area (Å²) in [6, 6.07) is 2.88. The molecule has 1 aromatic carbocycles. The first-order valence-electron chi connectivity index (χ1n) is 5.93. The Morgan fingerprint density at radius 2 is 1.95 bits per heavy atom. The Morgan fingerprint density at radius 1 is 1.33 bits per heavy atom. The molecule has 0 aliphatic heterocycles. The Bertz CT molecular complexity index is 590. The maximum absolute atomic E-state index is 13.0. The third-order valence-electron chi connectivity index (χ3n) is 2.76. The summed E-state index contributed by atoms with van der Waals surface area (Å²) >= 11 is 5.69. The largest absolute Gasteiger partial charge is 0.417 e.